The normalized spacial score (nSPS) is 25.6. The predicted molar refractivity (Wildman–Crippen MR) is 70.2 cm³/mol. The highest BCUT2D eigenvalue weighted by molar-refractivity contribution is 5.47. The number of hydrogen-bond donors (Lipinski definition) is 1. The van der Waals surface area contributed by atoms with Crippen LogP contribution in [-0.4, -0.2) is 14.8 Å². The first-order chi connectivity index (χ1) is 8.90. The summed E-state index contributed by atoms with van der Waals surface area (Å²) in [5, 5.41) is 8.05. The number of hydrogen-bond acceptors (Lipinski definition) is 3. The molecular weight excluding hydrogens is 224 g/mol. The molecule has 4 heteroatoms. The van der Waals surface area contributed by atoms with Crippen LogP contribution in [0.15, 0.2) is 17.6 Å². The topological polar surface area (TPSA) is 42.7 Å². The van der Waals surface area contributed by atoms with Crippen molar-refractivity contribution in [2.24, 2.45) is 0 Å². The van der Waals surface area contributed by atoms with Gasteiger partial charge < -0.3 is 5.32 Å². The van der Waals surface area contributed by atoms with E-state index >= 15 is 0 Å². The largest absolute Gasteiger partial charge is 0.328 e. The summed E-state index contributed by atoms with van der Waals surface area (Å²) in [6.07, 6.45) is 13.4. The van der Waals surface area contributed by atoms with Crippen LogP contribution < -0.4 is 5.32 Å². The van der Waals surface area contributed by atoms with E-state index < -0.39 is 0 Å². The van der Waals surface area contributed by atoms with Gasteiger partial charge in [-0.3, -0.25) is 0 Å². The molecule has 3 aliphatic rings. The van der Waals surface area contributed by atoms with Gasteiger partial charge in [-0.25, -0.2) is 4.68 Å². The third-order valence-electron chi connectivity index (χ3n) is 4.93. The number of allylic oxidation sites excluding steroid dienone is 2. The van der Waals surface area contributed by atoms with Crippen LogP contribution in [0, 0.1) is 0 Å². The molecular formula is C14H20N4. The van der Waals surface area contributed by atoms with E-state index in [1.54, 1.807) is 11.9 Å². The van der Waals surface area contributed by atoms with E-state index in [2.05, 4.69) is 20.1 Å². The molecule has 1 fully saturated rings. The Morgan fingerprint density at radius 1 is 1.06 bits per heavy atom. The second-order valence-electron chi connectivity index (χ2n) is 5.88. The van der Waals surface area contributed by atoms with Gasteiger partial charge in [0, 0.05) is 5.70 Å². The van der Waals surface area contributed by atoms with E-state index in [0.717, 1.165) is 5.95 Å². The minimum atomic E-state index is 0.172. The van der Waals surface area contributed by atoms with Gasteiger partial charge in [0.25, 0.3) is 0 Å². The van der Waals surface area contributed by atoms with E-state index in [0.29, 0.717) is 0 Å². The van der Waals surface area contributed by atoms with Gasteiger partial charge in [-0.15, -0.1) is 0 Å². The van der Waals surface area contributed by atoms with Gasteiger partial charge in [0.1, 0.15) is 6.33 Å². The third kappa shape index (κ3) is 1.32. The fraction of sp³-hybridized carbons (Fsp3) is 0.714. The maximum absolute atomic E-state index is 4.53. The average molecular weight is 244 g/mol. The molecule has 1 N–H and O–H groups in total. The number of nitrogens with one attached hydrogen (secondary N) is 1. The first-order valence-corrected chi connectivity index (χ1v) is 7.30. The highest BCUT2D eigenvalue weighted by atomic mass is 15.4. The second kappa shape index (κ2) is 3.84. The van der Waals surface area contributed by atoms with Crippen molar-refractivity contribution in [3.05, 3.63) is 17.6 Å². The number of fused-ring (bicyclic) bond motifs is 3. The molecule has 4 nitrogen and oxygen atoms in total. The summed E-state index contributed by atoms with van der Waals surface area (Å²) in [4.78, 5) is 4.40. The Bertz CT molecular complexity index is 494. The predicted octanol–water partition coefficient (Wildman–Crippen LogP) is 3.19. The summed E-state index contributed by atoms with van der Waals surface area (Å²) in [6.45, 7) is 0. The SMILES string of the molecule is c1nc2n(n1)C1(CCCCC1)C1=C(CCCC1)N2. The van der Waals surface area contributed by atoms with Crippen LogP contribution >= 0.6 is 0 Å². The van der Waals surface area contributed by atoms with Crippen LogP contribution in [0.4, 0.5) is 5.95 Å². The molecule has 1 aliphatic heterocycles. The van der Waals surface area contributed by atoms with Gasteiger partial charge in [-0.2, -0.15) is 10.1 Å². The van der Waals surface area contributed by atoms with Crippen LogP contribution in [0.1, 0.15) is 57.8 Å². The van der Waals surface area contributed by atoms with Gasteiger partial charge in [-0.05, 0) is 44.1 Å². The summed E-state index contributed by atoms with van der Waals surface area (Å²) in [6, 6.07) is 0. The monoisotopic (exact) mass is 244 g/mol. The number of rotatable bonds is 0. The second-order valence-corrected chi connectivity index (χ2v) is 5.88. The summed E-state index contributed by atoms with van der Waals surface area (Å²) in [7, 11) is 0. The van der Waals surface area contributed by atoms with Crippen LogP contribution in [-0.2, 0) is 5.54 Å². The molecule has 0 unspecified atom stereocenters. The van der Waals surface area contributed by atoms with Crippen molar-refractivity contribution in [1.29, 1.82) is 0 Å². The minimum Gasteiger partial charge on any atom is -0.328 e. The van der Waals surface area contributed by atoms with E-state index in [1.807, 2.05) is 0 Å². The Morgan fingerprint density at radius 2 is 1.89 bits per heavy atom. The van der Waals surface area contributed by atoms with Gasteiger partial charge in [0.2, 0.25) is 5.95 Å². The molecule has 0 amide bonds. The van der Waals surface area contributed by atoms with Crippen LogP contribution in [0.2, 0.25) is 0 Å². The van der Waals surface area contributed by atoms with Crippen molar-refractivity contribution in [1.82, 2.24) is 14.8 Å². The molecule has 0 bridgehead atoms. The highest BCUT2D eigenvalue weighted by Gasteiger charge is 2.44. The Hall–Kier alpha value is -1.32. The van der Waals surface area contributed by atoms with Gasteiger partial charge in [0.05, 0.1) is 5.54 Å². The Morgan fingerprint density at radius 3 is 2.78 bits per heavy atom. The Balaban J connectivity index is 1.88. The molecule has 0 atom stereocenters. The lowest BCUT2D eigenvalue weighted by Gasteiger charge is -2.45. The van der Waals surface area contributed by atoms with Crippen LogP contribution in [0.5, 0.6) is 0 Å². The third-order valence-corrected chi connectivity index (χ3v) is 4.93. The highest BCUT2D eigenvalue weighted by Crippen LogP contribution is 2.49. The van der Waals surface area contributed by atoms with Crippen LogP contribution in [0.3, 0.4) is 0 Å². The summed E-state index contributed by atoms with van der Waals surface area (Å²) < 4.78 is 2.19. The van der Waals surface area contributed by atoms with E-state index in [4.69, 9.17) is 0 Å². The molecule has 1 aromatic rings. The van der Waals surface area contributed by atoms with E-state index in [1.165, 1.54) is 63.5 Å². The average Bonchev–Trinajstić information content (AvgIpc) is 2.89. The molecule has 0 aromatic carbocycles. The van der Waals surface area contributed by atoms with Crippen molar-refractivity contribution in [2.75, 3.05) is 5.32 Å². The lowest BCUT2D eigenvalue weighted by atomic mass is 9.71. The lowest BCUT2D eigenvalue weighted by molar-refractivity contribution is 0.205. The molecule has 1 spiro atoms. The number of nitrogens with zero attached hydrogens (tertiary/aromatic N) is 3. The molecule has 0 radical (unpaired) electrons. The molecule has 1 saturated carbocycles. The quantitative estimate of drug-likeness (QED) is 0.762. The summed E-state index contributed by atoms with van der Waals surface area (Å²) in [5.41, 5.74) is 3.28. The summed E-state index contributed by atoms with van der Waals surface area (Å²) in [5.74, 6) is 0.970. The van der Waals surface area contributed by atoms with Gasteiger partial charge in [0.15, 0.2) is 0 Å². The summed E-state index contributed by atoms with van der Waals surface area (Å²) >= 11 is 0. The zero-order valence-corrected chi connectivity index (χ0v) is 10.8. The molecule has 2 aliphatic carbocycles. The molecule has 96 valence electrons. The standard InChI is InChI=1S/C14H20N4/c1-4-8-14(9-5-1)11-6-2-3-7-12(11)17-13-15-10-16-18(13)14/h10H,1-9H2,(H,15,16,17). The maximum atomic E-state index is 4.53. The zero-order valence-electron chi connectivity index (χ0n) is 10.8. The van der Waals surface area contributed by atoms with Crippen molar-refractivity contribution in [3.63, 3.8) is 0 Å². The zero-order chi connectivity index (χ0) is 12.0. The Kier molecular flexibility index (Phi) is 2.26. The fourth-order valence-corrected chi connectivity index (χ4v) is 4.11. The van der Waals surface area contributed by atoms with E-state index in [-0.39, 0.29) is 5.54 Å². The molecule has 0 saturated heterocycles. The van der Waals surface area contributed by atoms with E-state index in [9.17, 15) is 0 Å². The van der Waals surface area contributed by atoms with Crippen molar-refractivity contribution in [2.45, 2.75) is 63.3 Å². The maximum Gasteiger partial charge on any atom is 0.226 e. The minimum absolute atomic E-state index is 0.172. The molecule has 18 heavy (non-hydrogen) atoms. The smallest absolute Gasteiger partial charge is 0.226 e. The van der Waals surface area contributed by atoms with Gasteiger partial charge in [-0.1, -0.05) is 19.3 Å². The lowest BCUT2D eigenvalue weighted by Crippen LogP contribution is -2.44. The van der Waals surface area contributed by atoms with Crippen molar-refractivity contribution >= 4 is 5.95 Å². The van der Waals surface area contributed by atoms with Gasteiger partial charge >= 0.3 is 0 Å². The van der Waals surface area contributed by atoms with Crippen molar-refractivity contribution in [3.8, 4) is 0 Å². The first-order valence-electron chi connectivity index (χ1n) is 7.30. The molecule has 1 aromatic heterocycles. The van der Waals surface area contributed by atoms with Crippen molar-refractivity contribution < 1.29 is 0 Å². The fourth-order valence-electron chi connectivity index (χ4n) is 4.11. The molecule has 2 heterocycles. The van der Waals surface area contributed by atoms with Crippen LogP contribution in [0.25, 0.3) is 0 Å². The molecule has 4 rings (SSSR count). The number of aromatic nitrogens is 3. The first kappa shape index (κ1) is 10.6. The Labute approximate surface area is 107 Å². The number of anilines is 1.